The van der Waals surface area contributed by atoms with Crippen molar-refractivity contribution in [3.05, 3.63) is 29.3 Å². The minimum atomic E-state index is -0.479. The molecule has 15 heavy (non-hydrogen) atoms. The van der Waals surface area contributed by atoms with Gasteiger partial charge in [0, 0.05) is 10.7 Å². The van der Waals surface area contributed by atoms with E-state index in [0.717, 1.165) is 0 Å². The molecule has 0 aliphatic carbocycles. The topological polar surface area (TPSA) is 50.9 Å². The first-order chi connectivity index (χ1) is 7.24. The number of ether oxygens (including phenoxy) is 2. The van der Waals surface area contributed by atoms with E-state index in [2.05, 4.69) is 5.32 Å². The largest absolute Gasteiger partial charge is 0.446 e. The molecule has 1 aliphatic rings. The lowest BCUT2D eigenvalue weighted by Gasteiger charge is -2.05. The van der Waals surface area contributed by atoms with Crippen LogP contribution in [0.1, 0.15) is 0 Å². The molecule has 0 unspecified atom stereocenters. The maximum Gasteiger partial charge on any atom is 0.411 e. The van der Waals surface area contributed by atoms with Gasteiger partial charge in [-0.15, -0.1) is 0 Å². The maximum atomic E-state index is 11.2. The Hall–Kier alpha value is -1.26. The second-order valence-electron chi connectivity index (χ2n) is 3.19. The molecule has 5 heteroatoms. The second-order valence-corrected chi connectivity index (χ2v) is 3.62. The minimum absolute atomic E-state index is 0.0842. The van der Waals surface area contributed by atoms with E-state index < -0.39 is 6.09 Å². The standard InChI is InChI=1S/C10H10ClNO3/c11-7-1-3-8(4-2-7)12-10(13)15-6-9-5-14-9/h1-4,9H,5-6H2,(H,12,13)/t9-/m1/s1. The van der Waals surface area contributed by atoms with E-state index in [-0.39, 0.29) is 6.10 Å². The van der Waals surface area contributed by atoms with Crippen LogP contribution in [0, 0.1) is 0 Å². The number of carbonyl (C=O) groups excluding carboxylic acids is 1. The lowest BCUT2D eigenvalue weighted by molar-refractivity contribution is 0.150. The summed E-state index contributed by atoms with van der Waals surface area (Å²) in [5.41, 5.74) is 0.654. The Labute approximate surface area is 92.1 Å². The number of carbonyl (C=O) groups is 1. The van der Waals surface area contributed by atoms with E-state index in [1.165, 1.54) is 0 Å². The van der Waals surface area contributed by atoms with Gasteiger partial charge in [0.25, 0.3) is 0 Å². The fourth-order valence-corrected chi connectivity index (χ4v) is 1.15. The third-order valence-electron chi connectivity index (χ3n) is 1.89. The summed E-state index contributed by atoms with van der Waals surface area (Å²) >= 11 is 5.70. The Morgan fingerprint density at radius 1 is 1.53 bits per heavy atom. The smallest absolute Gasteiger partial charge is 0.411 e. The fourth-order valence-electron chi connectivity index (χ4n) is 1.02. The Balaban J connectivity index is 1.79. The van der Waals surface area contributed by atoms with Crippen LogP contribution in [0.25, 0.3) is 0 Å². The monoisotopic (exact) mass is 227 g/mol. The molecule has 0 radical (unpaired) electrons. The van der Waals surface area contributed by atoms with Gasteiger partial charge in [0.2, 0.25) is 0 Å². The SMILES string of the molecule is O=C(Nc1ccc(Cl)cc1)OC[C@H]1CO1. The van der Waals surface area contributed by atoms with Crippen LogP contribution in [-0.4, -0.2) is 25.4 Å². The van der Waals surface area contributed by atoms with Crippen molar-refractivity contribution in [2.24, 2.45) is 0 Å². The van der Waals surface area contributed by atoms with Crippen molar-refractivity contribution in [2.45, 2.75) is 6.10 Å². The molecule has 1 saturated heterocycles. The van der Waals surface area contributed by atoms with Crippen LogP contribution in [-0.2, 0) is 9.47 Å². The predicted octanol–water partition coefficient (Wildman–Crippen LogP) is 2.29. The van der Waals surface area contributed by atoms with E-state index in [4.69, 9.17) is 21.1 Å². The van der Waals surface area contributed by atoms with Crippen LogP contribution < -0.4 is 5.32 Å². The molecule has 1 fully saturated rings. The first-order valence-electron chi connectivity index (χ1n) is 4.55. The number of nitrogens with one attached hydrogen (secondary N) is 1. The molecule has 1 atom stereocenters. The van der Waals surface area contributed by atoms with E-state index in [0.29, 0.717) is 23.9 Å². The van der Waals surface area contributed by atoms with Crippen molar-refractivity contribution in [2.75, 3.05) is 18.5 Å². The highest BCUT2D eigenvalue weighted by molar-refractivity contribution is 6.30. The van der Waals surface area contributed by atoms with Gasteiger partial charge < -0.3 is 9.47 Å². The van der Waals surface area contributed by atoms with Gasteiger partial charge in [0.15, 0.2) is 0 Å². The van der Waals surface area contributed by atoms with Gasteiger partial charge in [-0.3, -0.25) is 5.32 Å². The van der Waals surface area contributed by atoms with Crippen molar-refractivity contribution in [1.82, 2.24) is 0 Å². The molecular formula is C10H10ClNO3. The van der Waals surface area contributed by atoms with Gasteiger partial charge in [0.05, 0.1) is 6.61 Å². The van der Waals surface area contributed by atoms with E-state index in [1.54, 1.807) is 24.3 Å². The van der Waals surface area contributed by atoms with Crippen molar-refractivity contribution in [1.29, 1.82) is 0 Å². The van der Waals surface area contributed by atoms with Crippen LogP contribution in [0.5, 0.6) is 0 Å². The Bertz CT molecular complexity index is 348. The van der Waals surface area contributed by atoms with Gasteiger partial charge in [-0.05, 0) is 24.3 Å². The number of hydrogen-bond acceptors (Lipinski definition) is 3. The summed E-state index contributed by atoms with van der Waals surface area (Å²) < 4.78 is 9.79. The molecule has 0 bridgehead atoms. The molecule has 0 saturated carbocycles. The highest BCUT2D eigenvalue weighted by atomic mass is 35.5. The quantitative estimate of drug-likeness (QED) is 0.806. The summed E-state index contributed by atoms with van der Waals surface area (Å²) in [5.74, 6) is 0. The third-order valence-corrected chi connectivity index (χ3v) is 2.15. The lowest BCUT2D eigenvalue weighted by Crippen LogP contribution is -2.16. The number of rotatable bonds is 3. The van der Waals surface area contributed by atoms with Crippen molar-refractivity contribution >= 4 is 23.4 Å². The van der Waals surface area contributed by atoms with Crippen LogP contribution in [0.3, 0.4) is 0 Å². The fraction of sp³-hybridized carbons (Fsp3) is 0.300. The lowest BCUT2D eigenvalue weighted by atomic mass is 10.3. The molecule has 0 spiro atoms. The summed E-state index contributed by atoms with van der Waals surface area (Å²) in [5, 5.41) is 3.20. The van der Waals surface area contributed by atoms with Gasteiger partial charge in [-0.25, -0.2) is 4.79 Å². The van der Waals surface area contributed by atoms with Crippen molar-refractivity contribution in [3.63, 3.8) is 0 Å². The molecule has 4 nitrogen and oxygen atoms in total. The summed E-state index contributed by atoms with van der Waals surface area (Å²) in [6, 6.07) is 6.80. The van der Waals surface area contributed by atoms with Crippen molar-refractivity contribution in [3.8, 4) is 0 Å². The van der Waals surface area contributed by atoms with Crippen LogP contribution in [0.15, 0.2) is 24.3 Å². The normalized spacial score (nSPS) is 18.3. The molecule has 0 aromatic heterocycles. The molecule has 2 rings (SSSR count). The molecular weight excluding hydrogens is 218 g/mol. The number of anilines is 1. The number of benzene rings is 1. The first-order valence-corrected chi connectivity index (χ1v) is 4.93. The average molecular weight is 228 g/mol. The zero-order chi connectivity index (χ0) is 10.7. The highest BCUT2D eigenvalue weighted by Gasteiger charge is 2.24. The van der Waals surface area contributed by atoms with Gasteiger partial charge in [-0.1, -0.05) is 11.6 Å². The molecule has 1 aromatic carbocycles. The molecule has 80 valence electrons. The Kier molecular flexibility index (Phi) is 3.08. The second kappa shape index (κ2) is 4.51. The minimum Gasteiger partial charge on any atom is -0.446 e. The maximum absolute atomic E-state index is 11.2. The number of hydrogen-bond donors (Lipinski definition) is 1. The zero-order valence-corrected chi connectivity index (χ0v) is 8.66. The number of amides is 1. The van der Waals surface area contributed by atoms with Crippen LogP contribution in [0.4, 0.5) is 10.5 Å². The summed E-state index contributed by atoms with van der Waals surface area (Å²) in [6.45, 7) is 0.980. The molecule has 1 N–H and O–H groups in total. The Morgan fingerprint density at radius 3 is 2.80 bits per heavy atom. The third kappa shape index (κ3) is 3.42. The first kappa shape index (κ1) is 10.3. The van der Waals surface area contributed by atoms with Crippen LogP contribution in [0.2, 0.25) is 5.02 Å². The van der Waals surface area contributed by atoms with E-state index >= 15 is 0 Å². The molecule has 1 heterocycles. The Morgan fingerprint density at radius 2 is 2.20 bits per heavy atom. The summed E-state index contributed by atoms with van der Waals surface area (Å²) in [6.07, 6.45) is -0.395. The van der Waals surface area contributed by atoms with Gasteiger partial charge in [-0.2, -0.15) is 0 Å². The van der Waals surface area contributed by atoms with Crippen molar-refractivity contribution < 1.29 is 14.3 Å². The molecule has 1 aliphatic heterocycles. The molecule has 1 amide bonds. The average Bonchev–Trinajstić information content (AvgIpc) is 3.02. The van der Waals surface area contributed by atoms with Crippen LogP contribution >= 0.6 is 11.6 Å². The number of epoxide rings is 1. The highest BCUT2D eigenvalue weighted by Crippen LogP contribution is 2.14. The predicted molar refractivity (Wildman–Crippen MR) is 56.2 cm³/mol. The van der Waals surface area contributed by atoms with Gasteiger partial charge >= 0.3 is 6.09 Å². The summed E-state index contributed by atoms with van der Waals surface area (Å²) in [4.78, 5) is 11.2. The zero-order valence-electron chi connectivity index (χ0n) is 7.90. The van der Waals surface area contributed by atoms with E-state index in [1.807, 2.05) is 0 Å². The summed E-state index contributed by atoms with van der Waals surface area (Å²) in [7, 11) is 0. The molecule has 1 aromatic rings. The van der Waals surface area contributed by atoms with Gasteiger partial charge in [0.1, 0.15) is 12.7 Å². The number of halogens is 1. The van der Waals surface area contributed by atoms with E-state index in [9.17, 15) is 4.79 Å².